The monoisotopic (exact) mass is 201 g/mol. The molecule has 0 amide bonds. The van der Waals surface area contributed by atoms with E-state index in [1.165, 1.54) is 0 Å². The zero-order valence-electron chi connectivity index (χ0n) is 7.57. The van der Waals surface area contributed by atoms with Crippen LogP contribution in [-0.4, -0.2) is 32.0 Å². The van der Waals surface area contributed by atoms with Crippen LogP contribution in [0.25, 0.3) is 0 Å². The minimum absolute atomic E-state index is 0.204. The molecule has 0 radical (unpaired) electrons. The summed E-state index contributed by atoms with van der Waals surface area (Å²) in [7, 11) is -2.72. The molecule has 0 spiro atoms. The highest BCUT2D eigenvalue weighted by Crippen LogP contribution is 2.16. The molecule has 1 saturated heterocycles. The Labute approximate surface area is 79.1 Å². The fourth-order valence-electron chi connectivity index (χ4n) is 2.01. The number of hydrogen-bond acceptors (Lipinski definition) is 3. The molecule has 0 aromatic rings. The van der Waals surface area contributed by atoms with Crippen LogP contribution in [0, 0.1) is 0 Å². The largest absolute Gasteiger partial charge is 0.310 e. The van der Waals surface area contributed by atoms with Gasteiger partial charge >= 0.3 is 0 Å². The second-order valence-electron chi connectivity index (χ2n) is 3.91. The van der Waals surface area contributed by atoms with Crippen molar-refractivity contribution in [2.75, 3.05) is 11.5 Å². The minimum atomic E-state index is -2.72. The van der Waals surface area contributed by atoms with Crippen LogP contribution in [0.2, 0.25) is 0 Å². The molecule has 1 unspecified atom stereocenters. The zero-order valence-corrected chi connectivity index (χ0v) is 8.39. The van der Waals surface area contributed by atoms with Crippen molar-refractivity contribution in [3.05, 3.63) is 12.2 Å². The third-order valence-electron chi connectivity index (χ3n) is 2.71. The van der Waals surface area contributed by atoms with Gasteiger partial charge in [0, 0.05) is 12.1 Å². The standard InChI is InChI=1S/C9H15NO2S/c11-13(12)6-5-9(7-13)10-8-3-1-2-4-8/h1-2,8-10H,3-7H2. The third kappa shape index (κ3) is 2.31. The van der Waals surface area contributed by atoms with Crippen LogP contribution in [0.15, 0.2) is 12.2 Å². The van der Waals surface area contributed by atoms with Crippen molar-refractivity contribution in [3.63, 3.8) is 0 Å². The van der Waals surface area contributed by atoms with Crippen LogP contribution < -0.4 is 5.32 Å². The molecule has 0 bridgehead atoms. The summed E-state index contributed by atoms with van der Waals surface area (Å²) in [6.45, 7) is 0. The molecule has 2 rings (SSSR count). The lowest BCUT2D eigenvalue weighted by atomic mass is 10.2. The highest BCUT2D eigenvalue weighted by molar-refractivity contribution is 7.91. The van der Waals surface area contributed by atoms with Gasteiger partial charge in [0.1, 0.15) is 0 Å². The molecular formula is C9H15NO2S. The molecule has 0 saturated carbocycles. The van der Waals surface area contributed by atoms with E-state index in [0.717, 1.165) is 19.3 Å². The lowest BCUT2D eigenvalue weighted by molar-refractivity contribution is 0.464. The molecule has 74 valence electrons. The van der Waals surface area contributed by atoms with E-state index in [-0.39, 0.29) is 6.04 Å². The number of hydrogen-bond donors (Lipinski definition) is 1. The van der Waals surface area contributed by atoms with Crippen molar-refractivity contribution >= 4 is 9.84 Å². The smallest absolute Gasteiger partial charge is 0.151 e. The van der Waals surface area contributed by atoms with Gasteiger partial charge in [-0.25, -0.2) is 8.42 Å². The van der Waals surface area contributed by atoms with Crippen LogP contribution in [0.5, 0.6) is 0 Å². The van der Waals surface area contributed by atoms with E-state index in [1.54, 1.807) is 0 Å². The molecule has 1 aliphatic carbocycles. The van der Waals surface area contributed by atoms with Crippen molar-refractivity contribution in [2.24, 2.45) is 0 Å². The molecule has 0 aromatic carbocycles. The fourth-order valence-corrected chi connectivity index (χ4v) is 3.70. The first-order valence-corrected chi connectivity index (χ1v) is 6.59. The van der Waals surface area contributed by atoms with E-state index < -0.39 is 9.84 Å². The average molecular weight is 201 g/mol. The molecule has 0 aromatic heterocycles. The Bertz CT molecular complexity index is 300. The maximum atomic E-state index is 11.2. The van der Waals surface area contributed by atoms with Gasteiger partial charge in [-0.05, 0) is 19.3 Å². The zero-order chi connectivity index (χ0) is 9.31. The molecule has 1 fully saturated rings. The normalized spacial score (nSPS) is 32.8. The quantitative estimate of drug-likeness (QED) is 0.661. The number of nitrogens with one attached hydrogen (secondary N) is 1. The Morgan fingerprint density at radius 2 is 1.85 bits per heavy atom. The van der Waals surface area contributed by atoms with Gasteiger partial charge in [-0.15, -0.1) is 0 Å². The van der Waals surface area contributed by atoms with E-state index in [2.05, 4.69) is 17.5 Å². The Morgan fingerprint density at radius 1 is 1.15 bits per heavy atom. The second-order valence-corrected chi connectivity index (χ2v) is 6.14. The van der Waals surface area contributed by atoms with Gasteiger partial charge in [-0.2, -0.15) is 0 Å². The van der Waals surface area contributed by atoms with Gasteiger partial charge in [0.25, 0.3) is 0 Å². The molecule has 1 atom stereocenters. The van der Waals surface area contributed by atoms with E-state index in [9.17, 15) is 8.42 Å². The predicted octanol–water partition coefficient (Wildman–Crippen LogP) is 0.482. The SMILES string of the molecule is O=S1(=O)CCC(NC2CC=CC2)C1. The first-order valence-electron chi connectivity index (χ1n) is 4.77. The van der Waals surface area contributed by atoms with Gasteiger partial charge in [-0.3, -0.25) is 0 Å². The van der Waals surface area contributed by atoms with E-state index in [0.29, 0.717) is 17.5 Å². The average Bonchev–Trinajstić information content (AvgIpc) is 2.61. The van der Waals surface area contributed by atoms with Crippen LogP contribution >= 0.6 is 0 Å². The van der Waals surface area contributed by atoms with E-state index >= 15 is 0 Å². The second kappa shape index (κ2) is 3.42. The van der Waals surface area contributed by atoms with E-state index in [1.807, 2.05) is 0 Å². The molecule has 1 N–H and O–H groups in total. The Kier molecular flexibility index (Phi) is 2.43. The molecule has 2 aliphatic rings. The predicted molar refractivity (Wildman–Crippen MR) is 52.4 cm³/mol. The summed E-state index contributed by atoms with van der Waals surface area (Å²) >= 11 is 0. The lowest BCUT2D eigenvalue weighted by Crippen LogP contribution is -2.37. The lowest BCUT2D eigenvalue weighted by Gasteiger charge is -2.16. The summed E-state index contributed by atoms with van der Waals surface area (Å²) in [5.74, 6) is 0.703. The summed E-state index contributed by atoms with van der Waals surface area (Å²) in [5, 5.41) is 3.39. The summed E-state index contributed by atoms with van der Waals surface area (Å²) in [5.41, 5.74) is 0. The molecule has 13 heavy (non-hydrogen) atoms. The molecule has 4 heteroatoms. The summed E-state index contributed by atoms with van der Waals surface area (Å²) in [4.78, 5) is 0. The molecule has 1 aliphatic heterocycles. The van der Waals surface area contributed by atoms with Gasteiger partial charge in [0.2, 0.25) is 0 Å². The van der Waals surface area contributed by atoms with Crippen LogP contribution in [0.3, 0.4) is 0 Å². The van der Waals surface area contributed by atoms with Crippen molar-refractivity contribution in [2.45, 2.75) is 31.3 Å². The van der Waals surface area contributed by atoms with Gasteiger partial charge in [0.05, 0.1) is 11.5 Å². The maximum Gasteiger partial charge on any atom is 0.151 e. The highest BCUT2D eigenvalue weighted by Gasteiger charge is 2.29. The summed E-state index contributed by atoms with van der Waals surface area (Å²) in [6.07, 6.45) is 7.20. The third-order valence-corrected chi connectivity index (χ3v) is 4.48. The van der Waals surface area contributed by atoms with Crippen LogP contribution in [-0.2, 0) is 9.84 Å². The van der Waals surface area contributed by atoms with Gasteiger partial charge < -0.3 is 5.32 Å². The van der Waals surface area contributed by atoms with Crippen molar-refractivity contribution < 1.29 is 8.42 Å². The topological polar surface area (TPSA) is 46.2 Å². The van der Waals surface area contributed by atoms with Crippen LogP contribution in [0.4, 0.5) is 0 Å². The highest BCUT2D eigenvalue weighted by atomic mass is 32.2. The first kappa shape index (κ1) is 9.21. The Balaban J connectivity index is 1.84. The van der Waals surface area contributed by atoms with Crippen LogP contribution in [0.1, 0.15) is 19.3 Å². The Morgan fingerprint density at radius 3 is 2.38 bits per heavy atom. The van der Waals surface area contributed by atoms with Crippen molar-refractivity contribution in [3.8, 4) is 0 Å². The van der Waals surface area contributed by atoms with Gasteiger partial charge in [0.15, 0.2) is 9.84 Å². The number of sulfone groups is 1. The Hall–Kier alpha value is -0.350. The summed E-state index contributed by atoms with van der Waals surface area (Å²) < 4.78 is 22.3. The minimum Gasteiger partial charge on any atom is -0.310 e. The summed E-state index contributed by atoms with van der Waals surface area (Å²) in [6, 6.07) is 0.688. The fraction of sp³-hybridized carbons (Fsp3) is 0.778. The molecule has 3 nitrogen and oxygen atoms in total. The maximum absolute atomic E-state index is 11.2. The van der Waals surface area contributed by atoms with Crippen molar-refractivity contribution in [1.29, 1.82) is 0 Å². The van der Waals surface area contributed by atoms with Crippen molar-refractivity contribution in [1.82, 2.24) is 5.32 Å². The van der Waals surface area contributed by atoms with Gasteiger partial charge in [-0.1, -0.05) is 12.2 Å². The number of rotatable bonds is 2. The first-order chi connectivity index (χ1) is 6.16. The van der Waals surface area contributed by atoms with E-state index in [4.69, 9.17) is 0 Å². The molecular weight excluding hydrogens is 186 g/mol. The molecule has 1 heterocycles.